The van der Waals surface area contributed by atoms with Crippen molar-refractivity contribution < 1.29 is 23.6 Å². The molecule has 0 radical (unpaired) electrons. The molecule has 0 saturated heterocycles. The minimum Gasteiger partial charge on any atom is -0.480 e. The summed E-state index contributed by atoms with van der Waals surface area (Å²) in [6.45, 7) is 0.0322. The summed E-state index contributed by atoms with van der Waals surface area (Å²) in [7, 11) is -1.31. The molecule has 0 aromatic heterocycles. The molecule has 1 amide bonds. The van der Waals surface area contributed by atoms with E-state index < -0.39 is 28.7 Å². The van der Waals surface area contributed by atoms with Gasteiger partial charge in [0.15, 0.2) is 0 Å². The first kappa shape index (κ1) is 19.8. The van der Waals surface area contributed by atoms with Crippen LogP contribution in [0.15, 0.2) is 65.6 Å². The second kappa shape index (κ2) is 10.5. The van der Waals surface area contributed by atoms with Crippen LogP contribution in [0.5, 0.6) is 0 Å². The minimum atomic E-state index is -1.31. The molecule has 0 saturated carbocycles. The summed E-state index contributed by atoms with van der Waals surface area (Å²) in [5, 5.41) is 11.7. The average molecular weight is 375 g/mol. The Kier molecular flexibility index (Phi) is 7.98. The van der Waals surface area contributed by atoms with Crippen LogP contribution in [0.3, 0.4) is 0 Å². The molecule has 2 rings (SSSR count). The van der Waals surface area contributed by atoms with Crippen LogP contribution in [0.2, 0.25) is 0 Å². The van der Waals surface area contributed by atoms with E-state index in [1.807, 2.05) is 36.4 Å². The molecule has 2 N–H and O–H groups in total. The van der Waals surface area contributed by atoms with Crippen LogP contribution in [-0.2, 0) is 31.7 Å². The van der Waals surface area contributed by atoms with Gasteiger partial charge >= 0.3 is 5.97 Å². The van der Waals surface area contributed by atoms with Gasteiger partial charge in [0.2, 0.25) is 5.91 Å². The third-order valence-corrected chi connectivity index (χ3v) is 4.98. The van der Waals surface area contributed by atoms with Crippen molar-refractivity contribution in [2.45, 2.75) is 24.0 Å². The summed E-state index contributed by atoms with van der Waals surface area (Å²) in [6.07, 6.45) is 0.0707. The normalized spacial score (nSPS) is 12.9. The molecule has 2 aromatic rings. The van der Waals surface area contributed by atoms with E-state index in [1.54, 1.807) is 24.3 Å². The maximum Gasteiger partial charge on any atom is 0.326 e. The number of ether oxygens (including phenoxy) is 1. The molecule has 0 fully saturated rings. The highest BCUT2D eigenvalue weighted by atomic mass is 32.2. The lowest BCUT2D eigenvalue weighted by atomic mass is 10.2. The van der Waals surface area contributed by atoms with Gasteiger partial charge in [0.25, 0.3) is 0 Å². The van der Waals surface area contributed by atoms with Gasteiger partial charge in [0, 0.05) is 10.6 Å². The van der Waals surface area contributed by atoms with Gasteiger partial charge in [-0.3, -0.25) is 9.00 Å². The van der Waals surface area contributed by atoms with Crippen molar-refractivity contribution in [3.05, 3.63) is 66.2 Å². The Morgan fingerprint density at radius 2 is 1.65 bits per heavy atom. The maximum atomic E-state index is 12.2. The molecule has 26 heavy (non-hydrogen) atoms. The van der Waals surface area contributed by atoms with E-state index in [-0.39, 0.29) is 25.4 Å². The second-order valence-electron chi connectivity index (χ2n) is 5.59. The summed E-state index contributed by atoms with van der Waals surface area (Å²) >= 11 is 0. The number of hydrogen-bond acceptors (Lipinski definition) is 4. The Hall–Kier alpha value is -2.51. The highest BCUT2D eigenvalue weighted by Gasteiger charge is 2.21. The van der Waals surface area contributed by atoms with Gasteiger partial charge < -0.3 is 15.2 Å². The summed E-state index contributed by atoms with van der Waals surface area (Å²) in [6, 6.07) is 17.1. The lowest BCUT2D eigenvalue weighted by molar-refractivity contribution is -0.142. The molecule has 2 atom stereocenters. The SMILES string of the molecule is O=C(COCc1ccccc1)N[C@H](CC[S@@](=O)c1ccccc1)C(=O)O. The number of nitrogens with one attached hydrogen (secondary N) is 1. The van der Waals surface area contributed by atoms with Gasteiger partial charge in [-0.05, 0) is 24.1 Å². The molecule has 6 nitrogen and oxygen atoms in total. The third kappa shape index (κ3) is 6.78. The van der Waals surface area contributed by atoms with Crippen molar-refractivity contribution in [2.75, 3.05) is 12.4 Å². The van der Waals surface area contributed by atoms with Crippen LogP contribution in [0.25, 0.3) is 0 Å². The van der Waals surface area contributed by atoms with Crippen molar-refractivity contribution in [1.82, 2.24) is 5.32 Å². The van der Waals surface area contributed by atoms with Gasteiger partial charge in [-0.25, -0.2) is 4.79 Å². The molecule has 0 spiro atoms. The van der Waals surface area contributed by atoms with Crippen LogP contribution < -0.4 is 5.32 Å². The number of hydrogen-bond donors (Lipinski definition) is 2. The topological polar surface area (TPSA) is 92.7 Å². The van der Waals surface area contributed by atoms with Gasteiger partial charge in [-0.15, -0.1) is 0 Å². The smallest absolute Gasteiger partial charge is 0.326 e. The fourth-order valence-electron chi connectivity index (χ4n) is 2.24. The minimum absolute atomic E-state index is 0.0707. The van der Waals surface area contributed by atoms with Crippen LogP contribution in [0.4, 0.5) is 0 Å². The van der Waals surface area contributed by atoms with Gasteiger partial charge in [0.1, 0.15) is 12.6 Å². The van der Waals surface area contributed by atoms with Gasteiger partial charge in [-0.2, -0.15) is 0 Å². The molecule has 138 valence electrons. The number of rotatable bonds is 10. The summed E-state index contributed by atoms with van der Waals surface area (Å²) in [4.78, 5) is 23.8. The fourth-order valence-corrected chi connectivity index (χ4v) is 3.39. The second-order valence-corrected chi connectivity index (χ2v) is 7.16. The van der Waals surface area contributed by atoms with Gasteiger partial charge in [-0.1, -0.05) is 48.5 Å². The summed E-state index contributed by atoms with van der Waals surface area (Å²) < 4.78 is 17.5. The predicted molar refractivity (Wildman–Crippen MR) is 98.0 cm³/mol. The Bertz CT molecular complexity index is 736. The van der Waals surface area contributed by atoms with E-state index >= 15 is 0 Å². The van der Waals surface area contributed by atoms with E-state index in [9.17, 15) is 18.9 Å². The molecule has 2 aromatic carbocycles. The molecular weight excluding hydrogens is 354 g/mol. The number of carbonyl (C=O) groups is 2. The Morgan fingerprint density at radius 3 is 2.27 bits per heavy atom. The summed E-state index contributed by atoms with van der Waals surface area (Å²) in [5.41, 5.74) is 0.924. The first-order valence-corrected chi connectivity index (χ1v) is 9.45. The van der Waals surface area contributed by atoms with Crippen molar-refractivity contribution >= 4 is 22.7 Å². The van der Waals surface area contributed by atoms with E-state index in [0.717, 1.165) is 5.56 Å². The zero-order valence-corrected chi connectivity index (χ0v) is 15.0. The predicted octanol–water partition coefficient (Wildman–Crippen LogP) is 1.97. The van der Waals surface area contributed by atoms with Crippen LogP contribution in [0.1, 0.15) is 12.0 Å². The molecule has 0 aliphatic carbocycles. The molecule has 0 aliphatic rings. The Balaban J connectivity index is 1.77. The van der Waals surface area contributed by atoms with Crippen molar-refractivity contribution in [3.8, 4) is 0 Å². The molecular formula is C19H21NO5S. The van der Waals surface area contributed by atoms with Crippen LogP contribution in [0, 0.1) is 0 Å². The number of aliphatic carboxylic acids is 1. The largest absolute Gasteiger partial charge is 0.480 e. The zero-order valence-electron chi connectivity index (χ0n) is 14.2. The van der Waals surface area contributed by atoms with Gasteiger partial charge in [0.05, 0.1) is 17.4 Å². The molecule has 0 bridgehead atoms. The Morgan fingerprint density at radius 1 is 1.04 bits per heavy atom. The maximum absolute atomic E-state index is 12.2. The lowest BCUT2D eigenvalue weighted by Crippen LogP contribution is -2.43. The fraction of sp³-hybridized carbons (Fsp3) is 0.263. The summed E-state index contributed by atoms with van der Waals surface area (Å²) in [5.74, 6) is -1.53. The molecule has 7 heteroatoms. The molecule has 0 heterocycles. The van der Waals surface area contributed by atoms with E-state index in [4.69, 9.17) is 4.74 Å². The highest BCUT2D eigenvalue weighted by molar-refractivity contribution is 7.85. The average Bonchev–Trinajstić information content (AvgIpc) is 2.66. The van der Waals surface area contributed by atoms with E-state index in [2.05, 4.69) is 5.32 Å². The van der Waals surface area contributed by atoms with Crippen LogP contribution >= 0.6 is 0 Å². The zero-order chi connectivity index (χ0) is 18.8. The molecule has 0 unspecified atom stereocenters. The lowest BCUT2D eigenvalue weighted by Gasteiger charge is -2.14. The van der Waals surface area contributed by atoms with E-state index in [0.29, 0.717) is 4.90 Å². The third-order valence-electron chi connectivity index (χ3n) is 3.58. The number of carboxylic acid groups (broad SMARTS) is 1. The number of carbonyl (C=O) groups excluding carboxylic acids is 1. The first-order chi connectivity index (χ1) is 12.6. The van der Waals surface area contributed by atoms with Crippen molar-refractivity contribution in [3.63, 3.8) is 0 Å². The van der Waals surface area contributed by atoms with Crippen molar-refractivity contribution in [1.29, 1.82) is 0 Å². The first-order valence-electron chi connectivity index (χ1n) is 8.13. The highest BCUT2D eigenvalue weighted by Crippen LogP contribution is 2.08. The van der Waals surface area contributed by atoms with Crippen molar-refractivity contribution in [2.24, 2.45) is 0 Å². The quantitative estimate of drug-likeness (QED) is 0.662. The number of carboxylic acids is 1. The standard InChI is InChI=1S/C19H21NO5S/c21-18(14-25-13-15-7-3-1-4-8-15)20-17(19(22)23)11-12-26(24)16-9-5-2-6-10-16/h1-10,17H,11-14H2,(H,20,21)(H,22,23)/t17-,26-/m1/s1. The van der Waals surface area contributed by atoms with E-state index in [1.165, 1.54) is 0 Å². The number of benzene rings is 2. The molecule has 0 aliphatic heterocycles. The Labute approximate surface area is 154 Å². The number of amides is 1. The monoisotopic (exact) mass is 375 g/mol. The van der Waals surface area contributed by atoms with Crippen LogP contribution in [-0.4, -0.2) is 39.6 Å².